The lowest BCUT2D eigenvalue weighted by atomic mass is 9.65. The third-order valence-corrected chi connectivity index (χ3v) is 4.47. The topological polar surface area (TPSA) is 29.5 Å². The van der Waals surface area contributed by atoms with Crippen molar-refractivity contribution in [3.8, 4) is 12.3 Å². The Labute approximate surface area is 123 Å². The summed E-state index contributed by atoms with van der Waals surface area (Å²) in [4.78, 5) is 14.2. The first kappa shape index (κ1) is 15.4. The quantitative estimate of drug-likeness (QED) is 0.587. The van der Waals surface area contributed by atoms with Crippen LogP contribution in [-0.4, -0.2) is 36.1 Å². The van der Waals surface area contributed by atoms with Crippen molar-refractivity contribution in [2.75, 3.05) is 19.6 Å². The Balaban J connectivity index is 1.70. The molecule has 2 rings (SSSR count). The van der Waals surface area contributed by atoms with Crippen molar-refractivity contribution >= 4 is 5.97 Å². The summed E-state index contributed by atoms with van der Waals surface area (Å²) in [5.74, 6) is 3.18. The van der Waals surface area contributed by atoms with Gasteiger partial charge in [0.2, 0.25) is 0 Å². The molecule has 1 spiro atoms. The molecule has 2 fully saturated rings. The lowest BCUT2D eigenvalue weighted by molar-refractivity contribution is -0.156. The number of likely N-dealkylation sites (tertiary alicyclic amines) is 1. The number of nitrogens with zero attached hydrogens (tertiary/aromatic N) is 1. The fourth-order valence-electron chi connectivity index (χ4n) is 3.57. The second-order valence-electron chi connectivity index (χ2n) is 7.58. The molecule has 1 heterocycles. The molecule has 2 aliphatic rings. The van der Waals surface area contributed by atoms with Gasteiger partial charge in [0, 0.05) is 19.5 Å². The van der Waals surface area contributed by atoms with Gasteiger partial charge in [-0.2, -0.15) is 0 Å². The Morgan fingerprint density at radius 1 is 1.35 bits per heavy atom. The van der Waals surface area contributed by atoms with E-state index in [1.54, 1.807) is 0 Å². The van der Waals surface area contributed by atoms with Crippen LogP contribution in [0.4, 0.5) is 0 Å². The zero-order chi connectivity index (χ0) is 14.8. The molecule has 0 amide bonds. The monoisotopic (exact) mass is 277 g/mol. The Morgan fingerprint density at radius 2 is 1.95 bits per heavy atom. The molecule has 0 aromatic heterocycles. The van der Waals surface area contributed by atoms with Crippen LogP contribution in [0.5, 0.6) is 0 Å². The molecular weight excluding hydrogens is 250 g/mol. The van der Waals surface area contributed by atoms with Crippen LogP contribution in [0.25, 0.3) is 0 Å². The highest BCUT2D eigenvalue weighted by atomic mass is 16.6. The third kappa shape index (κ3) is 3.99. The van der Waals surface area contributed by atoms with Crippen LogP contribution in [0.3, 0.4) is 0 Å². The molecule has 0 N–H and O–H groups in total. The van der Waals surface area contributed by atoms with Crippen LogP contribution in [-0.2, 0) is 9.53 Å². The van der Waals surface area contributed by atoms with Gasteiger partial charge in [0.25, 0.3) is 0 Å². The number of hydrogen-bond acceptors (Lipinski definition) is 3. The molecule has 112 valence electrons. The summed E-state index contributed by atoms with van der Waals surface area (Å²) in [7, 11) is 0. The normalized spacial score (nSPS) is 23.1. The van der Waals surface area contributed by atoms with E-state index in [0.717, 1.165) is 32.5 Å². The molecule has 0 aromatic rings. The molecule has 3 nitrogen and oxygen atoms in total. The number of esters is 1. The zero-order valence-electron chi connectivity index (χ0n) is 13.1. The average Bonchev–Trinajstić information content (AvgIpc) is 2.27. The Bertz CT molecular complexity index is 386. The van der Waals surface area contributed by atoms with Crippen LogP contribution in [0.1, 0.15) is 52.9 Å². The van der Waals surface area contributed by atoms with E-state index in [0.29, 0.717) is 17.8 Å². The summed E-state index contributed by atoms with van der Waals surface area (Å²) < 4.78 is 5.41. The van der Waals surface area contributed by atoms with E-state index in [-0.39, 0.29) is 11.6 Å². The van der Waals surface area contributed by atoms with E-state index in [4.69, 9.17) is 11.2 Å². The molecule has 1 aliphatic heterocycles. The number of terminal acetylenes is 1. The number of ether oxygens (including phenoxy) is 1. The van der Waals surface area contributed by atoms with Crippen LogP contribution in [0.15, 0.2) is 0 Å². The predicted molar refractivity (Wildman–Crippen MR) is 80.1 cm³/mol. The van der Waals surface area contributed by atoms with Gasteiger partial charge in [-0.3, -0.25) is 9.69 Å². The standard InChI is InChI=1S/C17H27NO2/c1-5-10-18-12-17(13-18)8-6-14(7-9-17)11-15(19)20-16(2,3)4/h1,14H,6-13H2,2-4H3. The second kappa shape index (κ2) is 5.77. The molecule has 0 atom stereocenters. The van der Waals surface area contributed by atoms with E-state index in [2.05, 4.69) is 10.8 Å². The van der Waals surface area contributed by atoms with Gasteiger partial charge < -0.3 is 4.74 Å². The Morgan fingerprint density at radius 3 is 2.45 bits per heavy atom. The fourth-order valence-corrected chi connectivity index (χ4v) is 3.57. The molecule has 0 unspecified atom stereocenters. The first-order chi connectivity index (χ1) is 9.32. The van der Waals surface area contributed by atoms with E-state index >= 15 is 0 Å². The van der Waals surface area contributed by atoms with Crippen molar-refractivity contribution in [2.24, 2.45) is 11.3 Å². The minimum atomic E-state index is -0.364. The van der Waals surface area contributed by atoms with Gasteiger partial charge in [-0.1, -0.05) is 5.92 Å². The molecule has 3 heteroatoms. The molecule has 1 saturated carbocycles. The number of hydrogen-bond donors (Lipinski definition) is 0. The number of carbonyl (C=O) groups excluding carboxylic acids is 1. The van der Waals surface area contributed by atoms with E-state index in [1.165, 1.54) is 12.8 Å². The van der Waals surface area contributed by atoms with Gasteiger partial charge in [0.05, 0.1) is 6.54 Å². The maximum Gasteiger partial charge on any atom is 0.306 e. The highest BCUT2D eigenvalue weighted by Crippen LogP contribution is 2.46. The molecule has 0 aromatic carbocycles. The Kier molecular flexibility index (Phi) is 4.44. The summed E-state index contributed by atoms with van der Waals surface area (Å²) in [6.45, 7) is 8.86. The van der Waals surface area contributed by atoms with Crippen LogP contribution in [0, 0.1) is 23.7 Å². The molecule has 1 aliphatic carbocycles. The van der Waals surface area contributed by atoms with Crippen LogP contribution in [0.2, 0.25) is 0 Å². The first-order valence-electron chi connectivity index (χ1n) is 7.70. The summed E-state index contributed by atoms with van der Waals surface area (Å²) in [6.07, 6.45) is 10.7. The van der Waals surface area contributed by atoms with Crippen molar-refractivity contribution in [3.63, 3.8) is 0 Å². The summed E-state index contributed by atoms with van der Waals surface area (Å²) in [5.41, 5.74) is 0.137. The Hall–Kier alpha value is -1.01. The van der Waals surface area contributed by atoms with Crippen molar-refractivity contribution in [2.45, 2.75) is 58.5 Å². The molecule has 1 saturated heterocycles. The third-order valence-electron chi connectivity index (χ3n) is 4.47. The van der Waals surface area contributed by atoms with Crippen molar-refractivity contribution in [1.82, 2.24) is 4.90 Å². The van der Waals surface area contributed by atoms with Gasteiger partial charge in [0.1, 0.15) is 5.60 Å². The van der Waals surface area contributed by atoms with Crippen molar-refractivity contribution in [1.29, 1.82) is 0 Å². The van der Waals surface area contributed by atoms with Gasteiger partial charge in [0.15, 0.2) is 0 Å². The largest absolute Gasteiger partial charge is 0.460 e. The summed E-state index contributed by atoms with van der Waals surface area (Å²) in [6, 6.07) is 0. The van der Waals surface area contributed by atoms with Gasteiger partial charge in [-0.25, -0.2) is 0 Å². The van der Waals surface area contributed by atoms with E-state index in [9.17, 15) is 4.79 Å². The molecular formula is C17H27NO2. The summed E-state index contributed by atoms with van der Waals surface area (Å²) in [5, 5.41) is 0. The van der Waals surface area contributed by atoms with Gasteiger partial charge in [-0.15, -0.1) is 6.42 Å². The van der Waals surface area contributed by atoms with Gasteiger partial charge >= 0.3 is 5.97 Å². The minimum Gasteiger partial charge on any atom is -0.460 e. The SMILES string of the molecule is C#CCN1CC2(CCC(CC(=O)OC(C)(C)C)CC2)C1. The molecule has 0 radical (unpaired) electrons. The average molecular weight is 277 g/mol. The maximum absolute atomic E-state index is 11.9. The zero-order valence-corrected chi connectivity index (χ0v) is 13.1. The number of carbonyl (C=O) groups is 1. The first-order valence-corrected chi connectivity index (χ1v) is 7.70. The van der Waals surface area contributed by atoms with Crippen molar-refractivity contribution in [3.05, 3.63) is 0 Å². The number of rotatable bonds is 3. The maximum atomic E-state index is 11.9. The van der Waals surface area contributed by atoms with E-state index in [1.807, 2.05) is 20.8 Å². The van der Waals surface area contributed by atoms with Gasteiger partial charge in [-0.05, 0) is 57.8 Å². The summed E-state index contributed by atoms with van der Waals surface area (Å²) >= 11 is 0. The smallest absolute Gasteiger partial charge is 0.306 e. The van der Waals surface area contributed by atoms with Crippen LogP contribution < -0.4 is 0 Å². The highest BCUT2D eigenvalue weighted by molar-refractivity contribution is 5.70. The lowest BCUT2D eigenvalue weighted by Gasteiger charge is -2.53. The minimum absolute atomic E-state index is 0.0407. The second-order valence-corrected chi connectivity index (χ2v) is 7.58. The van der Waals surface area contributed by atoms with Crippen LogP contribution >= 0.6 is 0 Å². The lowest BCUT2D eigenvalue weighted by Crippen LogP contribution is -2.57. The highest BCUT2D eigenvalue weighted by Gasteiger charge is 2.44. The molecule has 20 heavy (non-hydrogen) atoms. The van der Waals surface area contributed by atoms with E-state index < -0.39 is 0 Å². The fraction of sp³-hybridized carbons (Fsp3) is 0.824. The molecule has 0 bridgehead atoms. The predicted octanol–water partition coefficient (Wildman–Crippen LogP) is 2.84. The van der Waals surface area contributed by atoms with Crippen molar-refractivity contribution < 1.29 is 9.53 Å².